The number of rotatable bonds is 7. The molecular formula is C21H18ClN5S2. The Kier molecular flexibility index (Phi) is 5.35. The monoisotopic (exact) mass is 439 g/mol. The molecule has 8 heteroatoms. The van der Waals surface area contributed by atoms with E-state index in [1.165, 1.54) is 18.4 Å². The fraction of sp³-hybridized carbons (Fsp3) is 0.238. The minimum atomic E-state index is 0.499. The molecule has 0 unspecified atom stereocenters. The van der Waals surface area contributed by atoms with Gasteiger partial charge in [0.05, 0.1) is 10.7 Å². The zero-order chi connectivity index (χ0) is 19.6. The number of hydrogen-bond donors (Lipinski definition) is 0. The first-order valence-corrected chi connectivity index (χ1v) is 11.7. The van der Waals surface area contributed by atoms with E-state index in [9.17, 15) is 0 Å². The van der Waals surface area contributed by atoms with Crippen LogP contribution in [0.4, 0.5) is 0 Å². The minimum Gasteiger partial charge on any atom is -0.299 e. The molecule has 5 rings (SSSR count). The lowest BCUT2D eigenvalue weighted by atomic mass is 10.2. The average Bonchev–Trinajstić information content (AvgIpc) is 3.34. The summed E-state index contributed by atoms with van der Waals surface area (Å²) in [6.07, 6.45) is 6.82. The predicted molar refractivity (Wildman–Crippen MR) is 117 cm³/mol. The number of pyridine rings is 1. The Hall–Kier alpha value is -2.22. The minimum absolute atomic E-state index is 0.499. The van der Waals surface area contributed by atoms with Crippen molar-refractivity contribution in [2.24, 2.45) is 0 Å². The van der Waals surface area contributed by atoms with E-state index in [1.807, 2.05) is 30.5 Å². The summed E-state index contributed by atoms with van der Waals surface area (Å²) >= 11 is 9.37. The highest BCUT2D eigenvalue weighted by Gasteiger charge is 2.30. The molecule has 1 aliphatic carbocycles. The van der Waals surface area contributed by atoms with Gasteiger partial charge in [0.1, 0.15) is 0 Å². The number of aromatic nitrogens is 5. The fourth-order valence-electron chi connectivity index (χ4n) is 3.14. The van der Waals surface area contributed by atoms with Crippen molar-refractivity contribution in [3.05, 3.63) is 75.5 Å². The van der Waals surface area contributed by atoms with Gasteiger partial charge in [-0.2, -0.15) is 0 Å². The third-order valence-electron chi connectivity index (χ3n) is 4.71. The van der Waals surface area contributed by atoms with Crippen molar-refractivity contribution in [2.45, 2.75) is 36.2 Å². The van der Waals surface area contributed by atoms with Crippen LogP contribution in [-0.2, 0) is 12.2 Å². The van der Waals surface area contributed by atoms with Crippen LogP contribution in [0.5, 0.6) is 0 Å². The smallest absolute Gasteiger partial charge is 0.192 e. The highest BCUT2D eigenvalue weighted by Crippen LogP contribution is 2.41. The largest absolute Gasteiger partial charge is 0.299 e. The first kappa shape index (κ1) is 18.8. The molecule has 1 saturated carbocycles. The number of thiazole rings is 1. The molecule has 4 aromatic rings. The summed E-state index contributed by atoms with van der Waals surface area (Å²) in [6, 6.07) is 12.4. The van der Waals surface area contributed by atoms with Gasteiger partial charge in [-0.1, -0.05) is 35.5 Å². The molecule has 0 aliphatic heterocycles. The third kappa shape index (κ3) is 4.37. The van der Waals surface area contributed by atoms with E-state index < -0.39 is 0 Å². The highest BCUT2D eigenvalue weighted by molar-refractivity contribution is 7.98. The zero-order valence-corrected chi connectivity index (χ0v) is 17.9. The van der Waals surface area contributed by atoms with Crippen molar-refractivity contribution in [2.75, 3.05) is 0 Å². The summed E-state index contributed by atoms with van der Waals surface area (Å²) in [4.78, 5) is 9.02. The molecule has 0 atom stereocenters. The van der Waals surface area contributed by atoms with Crippen molar-refractivity contribution in [3.63, 3.8) is 0 Å². The topological polar surface area (TPSA) is 56.5 Å². The Morgan fingerprint density at radius 1 is 1.14 bits per heavy atom. The van der Waals surface area contributed by atoms with Crippen molar-refractivity contribution in [3.8, 4) is 11.4 Å². The molecular weight excluding hydrogens is 422 g/mol. The van der Waals surface area contributed by atoms with Crippen LogP contribution in [0.15, 0.2) is 59.3 Å². The number of nitrogens with zero attached hydrogens (tertiary/aromatic N) is 5. The maximum atomic E-state index is 5.97. The fourth-order valence-corrected chi connectivity index (χ4v) is 5.10. The van der Waals surface area contributed by atoms with Crippen LogP contribution in [0, 0.1) is 0 Å². The molecule has 29 heavy (non-hydrogen) atoms. The second kappa shape index (κ2) is 8.26. The van der Waals surface area contributed by atoms with Crippen LogP contribution < -0.4 is 0 Å². The number of benzene rings is 1. The van der Waals surface area contributed by atoms with E-state index in [1.54, 1.807) is 29.3 Å². The number of thioether (sulfide) groups is 1. The molecule has 3 heterocycles. The molecule has 146 valence electrons. The van der Waals surface area contributed by atoms with Crippen LogP contribution in [-0.4, -0.2) is 24.7 Å². The Morgan fingerprint density at radius 2 is 2.00 bits per heavy atom. The van der Waals surface area contributed by atoms with Gasteiger partial charge >= 0.3 is 0 Å². The second-order valence-electron chi connectivity index (χ2n) is 6.97. The molecule has 0 spiro atoms. The average molecular weight is 440 g/mol. The molecule has 0 saturated heterocycles. The predicted octanol–water partition coefficient (Wildman–Crippen LogP) is 5.67. The molecule has 0 bridgehead atoms. The Balaban J connectivity index is 1.29. The maximum Gasteiger partial charge on any atom is 0.192 e. The van der Waals surface area contributed by atoms with Gasteiger partial charge in [-0.05, 0) is 42.7 Å². The molecule has 1 aliphatic rings. The zero-order valence-electron chi connectivity index (χ0n) is 15.5. The quantitative estimate of drug-likeness (QED) is 0.347. The van der Waals surface area contributed by atoms with E-state index in [0.717, 1.165) is 44.4 Å². The van der Waals surface area contributed by atoms with Crippen LogP contribution in [0.2, 0.25) is 5.02 Å². The lowest BCUT2D eigenvalue weighted by molar-refractivity contribution is 0.669. The van der Waals surface area contributed by atoms with Crippen LogP contribution in [0.3, 0.4) is 0 Å². The molecule has 0 N–H and O–H groups in total. The van der Waals surface area contributed by atoms with Gasteiger partial charge in [-0.15, -0.1) is 21.5 Å². The highest BCUT2D eigenvalue weighted by atomic mass is 35.5. The first-order valence-electron chi connectivity index (χ1n) is 9.42. The van der Waals surface area contributed by atoms with Gasteiger partial charge in [-0.3, -0.25) is 9.55 Å². The van der Waals surface area contributed by atoms with E-state index >= 15 is 0 Å². The van der Waals surface area contributed by atoms with Crippen LogP contribution in [0.1, 0.15) is 35.1 Å². The molecule has 0 amide bonds. The summed E-state index contributed by atoms with van der Waals surface area (Å²) in [5.41, 5.74) is 3.31. The van der Waals surface area contributed by atoms with Crippen molar-refractivity contribution < 1.29 is 0 Å². The first-order chi connectivity index (χ1) is 14.3. The van der Waals surface area contributed by atoms with E-state index in [-0.39, 0.29) is 0 Å². The van der Waals surface area contributed by atoms with Crippen LogP contribution in [0.25, 0.3) is 11.4 Å². The van der Waals surface area contributed by atoms with Crippen molar-refractivity contribution in [1.29, 1.82) is 0 Å². The maximum absolute atomic E-state index is 5.97. The molecule has 1 aromatic carbocycles. The Morgan fingerprint density at radius 3 is 2.76 bits per heavy atom. The summed E-state index contributed by atoms with van der Waals surface area (Å²) in [6.45, 7) is 0. The van der Waals surface area contributed by atoms with Crippen molar-refractivity contribution >= 4 is 34.7 Å². The van der Waals surface area contributed by atoms with Gasteiger partial charge < -0.3 is 0 Å². The Labute approximate surface area is 182 Å². The molecule has 0 radical (unpaired) electrons. The van der Waals surface area contributed by atoms with Crippen molar-refractivity contribution in [1.82, 2.24) is 24.7 Å². The molecule has 1 fully saturated rings. The van der Waals surface area contributed by atoms with Gasteiger partial charge in [0.25, 0.3) is 0 Å². The standard InChI is InChI=1S/C21H18ClN5S2/c22-16-5-3-14(4-6-16)10-19-24-17(12-28-19)13-29-21-26-25-20(27(21)18-7-8-18)15-2-1-9-23-11-15/h1-6,9,11-12,18H,7-8,10,13H2. The SMILES string of the molecule is Clc1ccc(Cc2nc(CSc3nnc(-c4cccnc4)n3C3CC3)cs2)cc1. The van der Waals surface area contributed by atoms with Crippen LogP contribution >= 0.6 is 34.7 Å². The van der Waals surface area contributed by atoms with E-state index in [4.69, 9.17) is 16.6 Å². The van der Waals surface area contributed by atoms with Gasteiger partial charge in [0.15, 0.2) is 11.0 Å². The lowest BCUT2D eigenvalue weighted by Crippen LogP contribution is -2.00. The summed E-state index contributed by atoms with van der Waals surface area (Å²) in [7, 11) is 0. The van der Waals surface area contributed by atoms with Gasteiger partial charge in [0, 0.05) is 46.6 Å². The van der Waals surface area contributed by atoms with Gasteiger partial charge in [0.2, 0.25) is 0 Å². The number of hydrogen-bond acceptors (Lipinski definition) is 6. The second-order valence-corrected chi connectivity index (χ2v) is 9.30. The lowest BCUT2D eigenvalue weighted by Gasteiger charge is -2.08. The number of halogens is 1. The van der Waals surface area contributed by atoms with Gasteiger partial charge in [-0.25, -0.2) is 4.98 Å². The Bertz CT molecular complexity index is 1100. The summed E-state index contributed by atoms with van der Waals surface area (Å²) < 4.78 is 2.27. The molecule has 3 aromatic heterocycles. The molecule has 5 nitrogen and oxygen atoms in total. The summed E-state index contributed by atoms with van der Waals surface area (Å²) in [5.74, 6) is 1.69. The third-order valence-corrected chi connectivity index (χ3v) is 6.84. The van der Waals surface area contributed by atoms with E-state index in [2.05, 4.69) is 37.3 Å². The summed E-state index contributed by atoms with van der Waals surface area (Å²) in [5, 5.41) is 13.9. The van der Waals surface area contributed by atoms with E-state index in [0.29, 0.717) is 6.04 Å². The normalized spacial score (nSPS) is 13.7.